The minimum atomic E-state index is -3.80. The van der Waals surface area contributed by atoms with Gasteiger partial charge in [0.1, 0.15) is 0 Å². The summed E-state index contributed by atoms with van der Waals surface area (Å²) in [7, 11) is -1.11. The quantitative estimate of drug-likeness (QED) is 0.558. The van der Waals surface area contributed by atoms with Gasteiger partial charge in [0, 0.05) is 20.2 Å². The monoisotopic (exact) mass is 240 g/mol. The Morgan fingerprint density at radius 1 is 1.33 bits per heavy atom. The SMILES string of the molecule is COCCN(CCC(=O)OC)S(N)(=O)=O. The Hall–Kier alpha value is -0.700. The van der Waals surface area contributed by atoms with Gasteiger partial charge < -0.3 is 9.47 Å². The highest BCUT2D eigenvalue weighted by Gasteiger charge is 2.17. The van der Waals surface area contributed by atoms with E-state index >= 15 is 0 Å². The summed E-state index contributed by atoms with van der Waals surface area (Å²) in [6.07, 6.45) is -0.0311. The van der Waals surface area contributed by atoms with Crippen molar-refractivity contribution >= 4 is 16.2 Å². The number of carbonyl (C=O) groups is 1. The third-order valence-corrected chi connectivity index (χ3v) is 2.78. The second kappa shape index (κ2) is 6.72. The zero-order valence-electron chi connectivity index (χ0n) is 8.80. The predicted octanol–water partition coefficient (Wildman–Crippen LogP) is -1.30. The Bertz CT molecular complexity index is 290. The maximum Gasteiger partial charge on any atom is 0.306 e. The number of nitrogens with two attached hydrogens (primary N) is 1. The third kappa shape index (κ3) is 6.39. The molecule has 2 N–H and O–H groups in total. The number of methoxy groups -OCH3 is 2. The molecule has 0 rings (SSSR count). The predicted molar refractivity (Wildman–Crippen MR) is 53.2 cm³/mol. The lowest BCUT2D eigenvalue weighted by Gasteiger charge is -2.17. The molecule has 0 spiro atoms. The Kier molecular flexibility index (Phi) is 6.41. The minimum absolute atomic E-state index is 0.00509. The number of hydrogen-bond donors (Lipinski definition) is 1. The van der Waals surface area contributed by atoms with Gasteiger partial charge in [0.15, 0.2) is 0 Å². The van der Waals surface area contributed by atoms with E-state index < -0.39 is 16.2 Å². The van der Waals surface area contributed by atoms with Crippen LogP contribution in [-0.2, 0) is 24.5 Å². The Balaban J connectivity index is 4.20. The largest absolute Gasteiger partial charge is 0.469 e. The van der Waals surface area contributed by atoms with Crippen LogP contribution in [0.25, 0.3) is 0 Å². The highest BCUT2D eigenvalue weighted by molar-refractivity contribution is 7.86. The van der Waals surface area contributed by atoms with Crippen LogP contribution in [-0.4, -0.2) is 52.6 Å². The van der Waals surface area contributed by atoms with Gasteiger partial charge >= 0.3 is 5.97 Å². The molecule has 0 fully saturated rings. The van der Waals surface area contributed by atoms with Crippen LogP contribution in [0.3, 0.4) is 0 Å². The van der Waals surface area contributed by atoms with Crippen molar-refractivity contribution in [2.75, 3.05) is 33.9 Å². The van der Waals surface area contributed by atoms with Gasteiger partial charge in [-0.25, -0.2) is 5.14 Å². The van der Waals surface area contributed by atoms with Gasteiger partial charge in [-0.2, -0.15) is 12.7 Å². The molecule has 0 saturated carbocycles. The summed E-state index contributed by atoms with van der Waals surface area (Å²) in [6, 6.07) is 0. The highest BCUT2D eigenvalue weighted by Crippen LogP contribution is 1.98. The summed E-state index contributed by atoms with van der Waals surface area (Å²) in [4.78, 5) is 10.8. The van der Waals surface area contributed by atoms with Crippen molar-refractivity contribution in [3.63, 3.8) is 0 Å². The fraction of sp³-hybridized carbons (Fsp3) is 0.857. The van der Waals surface area contributed by atoms with E-state index in [0.717, 1.165) is 4.31 Å². The number of carbonyl (C=O) groups excluding carboxylic acids is 1. The van der Waals surface area contributed by atoms with Crippen LogP contribution in [0.1, 0.15) is 6.42 Å². The Labute approximate surface area is 89.3 Å². The maximum atomic E-state index is 11.0. The van der Waals surface area contributed by atoms with E-state index in [1.54, 1.807) is 0 Å². The first-order chi connectivity index (χ1) is 6.91. The van der Waals surface area contributed by atoms with Gasteiger partial charge in [-0.05, 0) is 0 Å². The molecule has 0 heterocycles. The molecule has 0 aromatic rings. The first-order valence-electron chi connectivity index (χ1n) is 4.25. The average Bonchev–Trinajstić information content (AvgIpc) is 2.15. The second-order valence-corrected chi connectivity index (χ2v) is 4.31. The van der Waals surface area contributed by atoms with Crippen molar-refractivity contribution in [1.29, 1.82) is 0 Å². The van der Waals surface area contributed by atoms with E-state index in [2.05, 4.69) is 4.74 Å². The number of hydrogen-bond acceptors (Lipinski definition) is 5. The van der Waals surface area contributed by atoms with E-state index in [4.69, 9.17) is 9.88 Å². The molecule has 0 amide bonds. The first kappa shape index (κ1) is 14.3. The molecule has 0 radical (unpaired) electrons. The van der Waals surface area contributed by atoms with Crippen molar-refractivity contribution in [2.24, 2.45) is 5.14 Å². The molecule has 0 aliphatic carbocycles. The molecule has 0 saturated heterocycles. The molecule has 7 nitrogen and oxygen atoms in total. The average molecular weight is 240 g/mol. The van der Waals surface area contributed by atoms with Crippen molar-refractivity contribution in [2.45, 2.75) is 6.42 Å². The van der Waals surface area contributed by atoms with Gasteiger partial charge in [0.25, 0.3) is 10.2 Å². The minimum Gasteiger partial charge on any atom is -0.469 e. The van der Waals surface area contributed by atoms with Gasteiger partial charge in [-0.1, -0.05) is 0 Å². The topological polar surface area (TPSA) is 98.9 Å². The summed E-state index contributed by atoms with van der Waals surface area (Å²) in [5, 5.41) is 4.94. The summed E-state index contributed by atoms with van der Waals surface area (Å²) in [5.74, 6) is -0.485. The normalized spacial score (nSPS) is 11.7. The zero-order chi connectivity index (χ0) is 11.9. The van der Waals surface area contributed by atoms with Crippen LogP contribution in [0.2, 0.25) is 0 Å². The van der Waals surface area contributed by atoms with E-state index in [9.17, 15) is 13.2 Å². The van der Waals surface area contributed by atoms with Crippen molar-refractivity contribution < 1.29 is 22.7 Å². The fourth-order valence-electron chi connectivity index (χ4n) is 0.877. The maximum absolute atomic E-state index is 11.0. The molecule has 0 aliphatic heterocycles. The van der Waals surface area contributed by atoms with Gasteiger partial charge in [-0.15, -0.1) is 0 Å². The zero-order valence-corrected chi connectivity index (χ0v) is 9.62. The lowest BCUT2D eigenvalue weighted by molar-refractivity contribution is -0.140. The van der Waals surface area contributed by atoms with E-state index in [0.29, 0.717) is 0 Å². The van der Waals surface area contributed by atoms with Crippen molar-refractivity contribution in [3.8, 4) is 0 Å². The second-order valence-electron chi connectivity index (χ2n) is 2.76. The molecule has 0 aromatic heterocycles. The van der Waals surface area contributed by atoms with Gasteiger partial charge in [0.05, 0.1) is 20.1 Å². The molecule has 90 valence electrons. The Morgan fingerprint density at radius 2 is 1.93 bits per heavy atom. The van der Waals surface area contributed by atoms with Crippen molar-refractivity contribution in [1.82, 2.24) is 4.31 Å². The van der Waals surface area contributed by atoms with E-state index in [-0.39, 0.29) is 26.1 Å². The molecule has 0 unspecified atom stereocenters. The summed E-state index contributed by atoms with van der Waals surface area (Å²) in [5.41, 5.74) is 0. The van der Waals surface area contributed by atoms with E-state index in [1.807, 2.05) is 0 Å². The lowest BCUT2D eigenvalue weighted by Crippen LogP contribution is -2.40. The lowest BCUT2D eigenvalue weighted by atomic mass is 10.4. The number of esters is 1. The fourth-order valence-corrected chi connectivity index (χ4v) is 1.55. The van der Waals surface area contributed by atoms with Crippen LogP contribution in [0.15, 0.2) is 0 Å². The first-order valence-corrected chi connectivity index (χ1v) is 5.75. The van der Waals surface area contributed by atoms with Crippen LogP contribution in [0, 0.1) is 0 Å². The molecule has 0 bridgehead atoms. The number of ether oxygens (including phenoxy) is 2. The summed E-state index contributed by atoms with van der Waals surface area (Å²) >= 11 is 0. The third-order valence-electron chi connectivity index (χ3n) is 1.70. The summed E-state index contributed by atoms with van der Waals surface area (Å²) < 4.78 is 32.1. The van der Waals surface area contributed by atoms with Crippen LogP contribution >= 0.6 is 0 Å². The molecular formula is C7H16N2O5S. The molecule has 15 heavy (non-hydrogen) atoms. The number of nitrogens with zero attached hydrogens (tertiary/aromatic N) is 1. The summed E-state index contributed by atoms with van der Waals surface area (Å²) in [6.45, 7) is 0.332. The van der Waals surface area contributed by atoms with Crippen molar-refractivity contribution in [3.05, 3.63) is 0 Å². The smallest absolute Gasteiger partial charge is 0.306 e. The highest BCUT2D eigenvalue weighted by atomic mass is 32.2. The standard InChI is InChI=1S/C7H16N2O5S/c1-13-6-5-9(15(8,11)12)4-3-7(10)14-2/h3-6H2,1-2H3,(H2,8,11,12). The molecule has 8 heteroatoms. The molecule has 0 aromatic carbocycles. The van der Waals surface area contributed by atoms with Gasteiger partial charge in [-0.3, -0.25) is 4.79 Å². The van der Waals surface area contributed by atoms with Crippen LogP contribution < -0.4 is 5.14 Å². The molecule has 0 atom stereocenters. The van der Waals surface area contributed by atoms with Gasteiger partial charge in [0.2, 0.25) is 0 Å². The van der Waals surface area contributed by atoms with Crippen LogP contribution in [0.4, 0.5) is 0 Å². The van der Waals surface area contributed by atoms with E-state index in [1.165, 1.54) is 14.2 Å². The number of rotatable bonds is 7. The Morgan fingerprint density at radius 3 is 2.33 bits per heavy atom. The molecule has 0 aliphatic rings. The molecular weight excluding hydrogens is 224 g/mol. The van der Waals surface area contributed by atoms with Crippen LogP contribution in [0.5, 0.6) is 0 Å².